The topological polar surface area (TPSA) is 42.4 Å². The Balaban J connectivity index is 1.67. The van der Waals surface area contributed by atoms with Crippen molar-refractivity contribution >= 4 is 0 Å². The van der Waals surface area contributed by atoms with Crippen LogP contribution in [0.4, 0.5) is 0 Å². The Morgan fingerprint density at radius 1 is 1.20 bits per heavy atom. The van der Waals surface area contributed by atoms with Gasteiger partial charge in [0, 0.05) is 18.8 Å². The first-order valence-electron chi connectivity index (χ1n) is 7.16. The zero-order valence-electron chi connectivity index (χ0n) is 11.5. The highest BCUT2D eigenvalue weighted by Crippen LogP contribution is 2.35. The average Bonchev–Trinajstić information content (AvgIpc) is 2.49. The molecular weight excluding hydrogens is 250 g/mol. The van der Waals surface area contributed by atoms with Crippen molar-refractivity contribution in [3.63, 3.8) is 0 Å². The predicted octanol–water partition coefficient (Wildman–Crippen LogP) is 3.07. The van der Waals surface area contributed by atoms with E-state index in [0.717, 1.165) is 37.0 Å². The summed E-state index contributed by atoms with van der Waals surface area (Å²) in [7, 11) is 0. The molecule has 2 aromatic rings. The SMILES string of the molecule is OC1CCCc2c(OCCc3ccncc3)cccc21. The van der Waals surface area contributed by atoms with E-state index >= 15 is 0 Å². The summed E-state index contributed by atoms with van der Waals surface area (Å²) in [5, 5.41) is 10.0. The molecule has 1 atom stereocenters. The summed E-state index contributed by atoms with van der Waals surface area (Å²) in [5.41, 5.74) is 3.45. The van der Waals surface area contributed by atoms with E-state index < -0.39 is 0 Å². The van der Waals surface area contributed by atoms with E-state index in [4.69, 9.17) is 4.74 Å². The average molecular weight is 269 g/mol. The summed E-state index contributed by atoms with van der Waals surface area (Å²) in [5.74, 6) is 0.926. The van der Waals surface area contributed by atoms with E-state index in [1.165, 1.54) is 11.1 Å². The fourth-order valence-electron chi connectivity index (χ4n) is 2.75. The quantitative estimate of drug-likeness (QED) is 0.927. The Morgan fingerprint density at radius 3 is 2.90 bits per heavy atom. The first-order chi connectivity index (χ1) is 9.84. The molecule has 0 aliphatic heterocycles. The van der Waals surface area contributed by atoms with Crippen LogP contribution in [0, 0.1) is 0 Å². The molecule has 1 N–H and O–H groups in total. The summed E-state index contributed by atoms with van der Waals surface area (Å²) in [6, 6.07) is 9.99. The van der Waals surface area contributed by atoms with Crippen LogP contribution in [0.5, 0.6) is 5.75 Å². The normalized spacial score (nSPS) is 17.6. The first-order valence-corrected chi connectivity index (χ1v) is 7.16. The largest absolute Gasteiger partial charge is 0.493 e. The molecule has 1 unspecified atom stereocenters. The minimum absolute atomic E-state index is 0.331. The molecule has 0 bridgehead atoms. The number of fused-ring (bicyclic) bond motifs is 1. The predicted molar refractivity (Wildman–Crippen MR) is 77.8 cm³/mol. The van der Waals surface area contributed by atoms with Crippen molar-refractivity contribution < 1.29 is 9.84 Å². The number of hydrogen-bond acceptors (Lipinski definition) is 3. The monoisotopic (exact) mass is 269 g/mol. The molecular formula is C17H19NO2. The number of hydrogen-bond donors (Lipinski definition) is 1. The number of benzene rings is 1. The minimum Gasteiger partial charge on any atom is -0.493 e. The van der Waals surface area contributed by atoms with E-state index in [1.807, 2.05) is 30.3 Å². The van der Waals surface area contributed by atoms with Crippen molar-refractivity contribution in [3.8, 4) is 5.75 Å². The van der Waals surface area contributed by atoms with Crippen LogP contribution in [0.1, 0.15) is 35.6 Å². The lowest BCUT2D eigenvalue weighted by molar-refractivity contribution is 0.155. The van der Waals surface area contributed by atoms with Crippen LogP contribution >= 0.6 is 0 Å². The fourth-order valence-corrected chi connectivity index (χ4v) is 2.75. The van der Waals surface area contributed by atoms with Crippen LogP contribution in [-0.2, 0) is 12.8 Å². The molecule has 20 heavy (non-hydrogen) atoms. The van der Waals surface area contributed by atoms with E-state index in [0.29, 0.717) is 6.61 Å². The molecule has 3 nitrogen and oxygen atoms in total. The van der Waals surface area contributed by atoms with E-state index in [2.05, 4.69) is 4.98 Å². The van der Waals surface area contributed by atoms with Crippen molar-refractivity contribution in [2.24, 2.45) is 0 Å². The van der Waals surface area contributed by atoms with Crippen molar-refractivity contribution in [2.45, 2.75) is 31.8 Å². The van der Waals surface area contributed by atoms with Gasteiger partial charge in [0.05, 0.1) is 12.7 Å². The van der Waals surface area contributed by atoms with E-state index in [1.54, 1.807) is 12.4 Å². The third kappa shape index (κ3) is 2.83. The van der Waals surface area contributed by atoms with Gasteiger partial charge in [-0.1, -0.05) is 12.1 Å². The fraction of sp³-hybridized carbons (Fsp3) is 0.353. The van der Waals surface area contributed by atoms with Crippen LogP contribution in [0.15, 0.2) is 42.7 Å². The molecule has 1 aromatic heterocycles. The van der Waals surface area contributed by atoms with Crippen LogP contribution in [0.25, 0.3) is 0 Å². The van der Waals surface area contributed by atoms with Gasteiger partial charge in [0.25, 0.3) is 0 Å². The summed E-state index contributed by atoms with van der Waals surface area (Å²) < 4.78 is 5.93. The maximum absolute atomic E-state index is 10.0. The zero-order chi connectivity index (χ0) is 13.8. The molecule has 0 fully saturated rings. The lowest BCUT2D eigenvalue weighted by atomic mass is 9.89. The summed E-state index contributed by atoms with van der Waals surface area (Å²) in [6.07, 6.45) is 7.02. The van der Waals surface area contributed by atoms with Crippen molar-refractivity contribution in [1.82, 2.24) is 4.98 Å². The molecule has 0 radical (unpaired) electrons. The Hall–Kier alpha value is -1.87. The van der Waals surface area contributed by atoms with Gasteiger partial charge < -0.3 is 9.84 Å². The van der Waals surface area contributed by atoms with Gasteiger partial charge in [-0.3, -0.25) is 4.98 Å². The number of aliphatic hydroxyl groups excluding tert-OH is 1. The van der Waals surface area contributed by atoms with Gasteiger partial charge >= 0.3 is 0 Å². The van der Waals surface area contributed by atoms with Gasteiger partial charge in [-0.2, -0.15) is 0 Å². The molecule has 1 aliphatic carbocycles. The molecule has 104 valence electrons. The number of aromatic nitrogens is 1. The van der Waals surface area contributed by atoms with Crippen molar-refractivity contribution in [2.75, 3.05) is 6.61 Å². The maximum atomic E-state index is 10.0. The lowest BCUT2D eigenvalue weighted by Gasteiger charge is -2.23. The summed E-state index contributed by atoms with van der Waals surface area (Å²) >= 11 is 0. The maximum Gasteiger partial charge on any atom is 0.122 e. The van der Waals surface area contributed by atoms with Crippen molar-refractivity contribution in [1.29, 1.82) is 0 Å². The highest BCUT2D eigenvalue weighted by Gasteiger charge is 2.20. The lowest BCUT2D eigenvalue weighted by Crippen LogP contribution is -2.12. The Morgan fingerprint density at radius 2 is 2.05 bits per heavy atom. The van der Waals surface area contributed by atoms with Crippen LogP contribution in [0.3, 0.4) is 0 Å². The second-order valence-electron chi connectivity index (χ2n) is 5.19. The Kier molecular flexibility index (Phi) is 3.97. The molecule has 0 saturated heterocycles. The molecule has 1 aliphatic rings. The Bertz CT molecular complexity index is 568. The summed E-state index contributed by atoms with van der Waals surface area (Å²) in [6.45, 7) is 0.649. The second-order valence-corrected chi connectivity index (χ2v) is 5.19. The van der Waals surface area contributed by atoms with Gasteiger partial charge in [-0.25, -0.2) is 0 Å². The number of nitrogens with zero attached hydrogens (tertiary/aromatic N) is 1. The van der Waals surface area contributed by atoms with Gasteiger partial charge in [-0.15, -0.1) is 0 Å². The van der Waals surface area contributed by atoms with Crippen LogP contribution in [0.2, 0.25) is 0 Å². The number of ether oxygens (including phenoxy) is 1. The molecule has 1 heterocycles. The van der Waals surface area contributed by atoms with Gasteiger partial charge in [0.2, 0.25) is 0 Å². The Labute approximate surface area is 119 Å². The number of aliphatic hydroxyl groups is 1. The molecule has 1 aromatic carbocycles. The van der Waals surface area contributed by atoms with E-state index in [-0.39, 0.29) is 6.10 Å². The number of pyridine rings is 1. The smallest absolute Gasteiger partial charge is 0.122 e. The summed E-state index contributed by atoms with van der Waals surface area (Å²) in [4.78, 5) is 4.01. The van der Waals surface area contributed by atoms with Crippen LogP contribution in [-0.4, -0.2) is 16.7 Å². The number of rotatable bonds is 4. The molecule has 3 rings (SSSR count). The highest BCUT2D eigenvalue weighted by molar-refractivity contribution is 5.42. The second kappa shape index (κ2) is 6.06. The zero-order valence-corrected chi connectivity index (χ0v) is 11.5. The molecule has 0 saturated carbocycles. The van der Waals surface area contributed by atoms with Gasteiger partial charge in [0.15, 0.2) is 0 Å². The first kappa shape index (κ1) is 13.1. The highest BCUT2D eigenvalue weighted by atomic mass is 16.5. The third-order valence-electron chi connectivity index (χ3n) is 3.83. The molecule has 0 spiro atoms. The van der Waals surface area contributed by atoms with Crippen LogP contribution < -0.4 is 4.74 Å². The molecule has 3 heteroatoms. The van der Waals surface area contributed by atoms with E-state index in [9.17, 15) is 5.11 Å². The third-order valence-corrected chi connectivity index (χ3v) is 3.83. The standard InChI is InChI=1S/C17H19NO2/c19-16-5-1-4-15-14(16)3-2-6-17(15)20-12-9-13-7-10-18-11-8-13/h2-3,6-8,10-11,16,19H,1,4-5,9,12H2. The minimum atomic E-state index is -0.331. The molecule has 0 amide bonds. The van der Waals surface area contributed by atoms with Gasteiger partial charge in [-0.05, 0) is 54.2 Å². The van der Waals surface area contributed by atoms with Crippen molar-refractivity contribution in [3.05, 3.63) is 59.4 Å². The van der Waals surface area contributed by atoms with Gasteiger partial charge in [0.1, 0.15) is 5.75 Å².